The Morgan fingerprint density at radius 1 is 0.929 bits per heavy atom. The van der Waals surface area contributed by atoms with Gasteiger partial charge in [-0.1, -0.05) is 36.4 Å². The van der Waals surface area contributed by atoms with Crippen molar-refractivity contribution in [3.8, 4) is 5.75 Å². The molecule has 2 aliphatic heterocycles. The molecule has 1 unspecified atom stereocenters. The summed E-state index contributed by atoms with van der Waals surface area (Å²) in [4.78, 5) is 20.2. The maximum atomic E-state index is 13.7. The molecule has 6 heteroatoms. The normalized spacial score (nSPS) is 18.6. The Kier molecular flexibility index (Phi) is 9.63. The minimum atomic E-state index is -0.297. The average molecular weight is 569 g/mol. The number of dihydropyridines is 1. The van der Waals surface area contributed by atoms with Gasteiger partial charge in [-0.15, -0.1) is 0 Å². The van der Waals surface area contributed by atoms with E-state index in [2.05, 4.69) is 6.08 Å². The molecular weight excluding hydrogens is 530 g/mol. The van der Waals surface area contributed by atoms with Crippen molar-refractivity contribution in [2.24, 2.45) is 10.9 Å². The lowest BCUT2D eigenvalue weighted by atomic mass is 9.87. The lowest BCUT2D eigenvalue weighted by Crippen LogP contribution is -2.38. The van der Waals surface area contributed by atoms with Crippen molar-refractivity contribution in [1.29, 1.82) is 0 Å². The molecule has 2 aliphatic rings. The molecule has 218 valence electrons. The molecule has 3 aromatic carbocycles. The van der Waals surface area contributed by atoms with E-state index in [9.17, 15) is 18.7 Å². The number of para-hydroxylation sites is 1. The summed E-state index contributed by atoms with van der Waals surface area (Å²) in [5, 5.41) is 10.0. The zero-order chi connectivity index (χ0) is 29.5. The fourth-order valence-electron chi connectivity index (χ4n) is 6.00. The van der Waals surface area contributed by atoms with E-state index in [-0.39, 0.29) is 23.6 Å². The highest BCUT2D eigenvalue weighted by Gasteiger charge is 2.26. The molecule has 42 heavy (non-hydrogen) atoms. The minimum Gasteiger partial charge on any atom is -0.508 e. The number of allylic oxidation sites excluding steroid dienone is 3. The average Bonchev–Trinajstić information content (AvgIpc) is 3.01. The van der Waals surface area contributed by atoms with E-state index in [0.717, 1.165) is 72.3 Å². The van der Waals surface area contributed by atoms with Gasteiger partial charge in [-0.05, 0) is 122 Å². The standard InChI is InChI=1S/C36H38F2N2O2/c1-2-26-24-32(27-12-16-30(37)17-13-27)33(39-36(26)29-14-18-31(38)19-15-29)7-5-9-35(42)40-22-20-25(21-23-40)10-11-28-6-3-4-8-34(28)41/h2-4,6,8,12-19,24-25,33,41H,5,7,9-11,20-23H2,1H3/b26-2-. The van der Waals surface area contributed by atoms with Crippen LogP contribution in [0.4, 0.5) is 8.78 Å². The second-order valence-electron chi connectivity index (χ2n) is 11.2. The SMILES string of the molecule is C/C=C1/C=C(c2ccc(F)cc2)C(CCCC(=O)N2CCC(CCc3ccccc3O)CC2)N=C1c1ccc(F)cc1. The molecule has 0 spiro atoms. The molecule has 1 amide bonds. The van der Waals surface area contributed by atoms with Crippen molar-refractivity contribution < 1.29 is 18.7 Å². The first-order chi connectivity index (χ1) is 20.4. The number of hydrogen-bond acceptors (Lipinski definition) is 3. The van der Waals surface area contributed by atoms with E-state index in [1.54, 1.807) is 30.3 Å². The molecule has 0 radical (unpaired) electrons. The van der Waals surface area contributed by atoms with Crippen LogP contribution in [0.2, 0.25) is 0 Å². The summed E-state index contributed by atoms with van der Waals surface area (Å²) in [6.45, 7) is 3.48. The van der Waals surface area contributed by atoms with Crippen LogP contribution in [0.3, 0.4) is 0 Å². The third kappa shape index (κ3) is 7.22. The third-order valence-corrected chi connectivity index (χ3v) is 8.48. The molecule has 3 aromatic rings. The number of phenolic OH excluding ortho intramolecular Hbond substituents is 1. The van der Waals surface area contributed by atoms with Crippen molar-refractivity contribution >= 4 is 17.2 Å². The Morgan fingerprint density at radius 2 is 1.57 bits per heavy atom. The number of phenols is 1. The Labute approximate surface area is 247 Å². The number of halogens is 2. The summed E-state index contributed by atoms with van der Waals surface area (Å²) in [5.74, 6) is 0.500. The van der Waals surface area contributed by atoms with Crippen molar-refractivity contribution in [2.45, 2.75) is 57.9 Å². The number of hydrogen-bond donors (Lipinski definition) is 1. The van der Waals surface area contributed by atoms with E-state index in [1.165, 1.54) is 24.3 Å². The number of likely N-dealkylation sites (tertiary alicyclic amines) is 1. The van der Waals surface area contributed by atoms with Crippen LogP contribution < -0.4 is 0 Å². The molecule has 1 saturated heterocycles. The van der Waals surface area contributed by atoms with Gasteiger partial charge in [-0.2, -0.15) is 0 Å². The largest absolute Gasteiger partial charge is 0.508 e. The predicted octanol–water partition coefficient (Wildman–Crippen LogP) is 7.91. The summed E-state index contributed by atoms with van der Waals surface area (Å²) in [7, 11) is 0. The molecule has 0 bridgehead atoms. The zero-order valence-corrected chi connectivity index (χ0v) is 24.1. The quantitative estimate of drug-likeness (QED) is 0.285. The molecule has 2 heterocycles. The van der Waals surface area contributed by atoms with Gasteiger partial charge in [0.05, 0.1) is 11.8 Å². The van der Waals surface area contributed by atoms with Crippen LogP contribution in [0.5, 0.6) is 5.75 Å². The van der Waals surface area contributed by atoms with E-state index in [0.29, 0.717) is 30.9 Å². The number of benzene rings is 3. The van der Waals surface area contributed by atoms with Gasteiger partial charge in [0.25, 0.3) is 0 Å². The predicted molar refractivity (Wildman–Crippen MR) is 164 cm³/mol. The monoisotopic (exact) mass is 568 g/mol. The summed E-state index contributed by atoms with van der Waals surface area (Å²) in [6.07, 6.45) is 9.72. The Balaban J connectivity index is 1.20. The van der Waals surface area contributed by atoms with E-state index in [1.807, 2.05) is 36.1 Å². The number of piperidine rings is 1. The molecule has 0 aliphatic carbocycles. The van der Waals surface area contributed by atoms with Gasteiger partial charge in [0, 0.05) is 25.1 Å². The van der Waals surface area contributed by atoms with Crippen molar-refractivity contribution in [2.75, 3.05) is 13.1 Å². The van der Waals surface area contributed by atoms with Gasteiger partial charge in [-0.25, -0.2) is 8.78 Å². The van der Waals surface area contributed by atoms with Crippen LogP contribution in [0.1, 0.15) is 62.1 Å². The van der Waals surface area contributed by atoms with Crippen LogP contribution in [0.15, 0.2) is 95.5 Å². The van der Waals surface area contributed by atoms with Crippen LogP contribution in [-0.2, 0) is 11.2 Å². The van der Waals surface area contributed by atoms with Gasteiger partial charge < -0.3 is 10.0 Å². The Morgan fingerprint density at radius 3 is 2.21 bits per heavy atom. The smallest absolute Gasteiger partial charge is 0.222 e. The molecule has 4 nitrogen and oxygen atoms in total. The van der Waals surface area contributed by atoms with E-state index in [4.69, 9.17) is 4.99 Å². The van der Waals surface area contributed by atoms with Crippen LogP contribution >= 0.6 is 0 Å². The fraction of sp³-hybridized carbons (Fsp3) is 0.333. The molecule has 1 N–H and O–H groups in total. The van der Waals surface area contributed by atoms with Crippen LogP contribution in [0.25, 0.3) is 5.57 Å². The number of nitrogens with zero attached hydrogens (tertiary/aromatic N) is 2. The second-order valence-corrected chi connectivity index (χ2v) is 11.2. The maximum absolute atomic E-state index is 13.7. The summed E-state index contributed by atoms with van der Waals surface area (Å²) in [5.41, 5.74) is 5.45. The minimum absolute atomic E-state index is 0.175. The first-order valence-electron chi connectivity index (χ1n) is 14.9. The first kappa shape index (κ1) is 29.4. The van der Waals surface area contributed by atoms with Crippen molar-refractivity contribution in [1.82, 2.24) is 4.90 Å². The van der Waals surface area contributed by atoms with Gasteiger partial charge >= 0.3 is 0 Å². The third-order valence-electron chi connectivity index (χ3n) is 8.48. The van der Waals surface area contributed by atoms with E-state index < -0.39 is 0 Å². The number of carbonyl (C=O) groups excluding carboxylic acids is 1. The number of aliphatic imine (C=N–C) groups is 1. The van der Waals surface area contributed by atoms with Crippen molar-refractivity contribution in [3.63, 3.8) is 0 Å². The highest BCUT2D eigenvalue weighted by molar-refractivity contribution is 6.16. The fourth-order valence-corrected chi connectivity index (χ4v) is 6.00. The summed E-state index contributed by atoms with van der Waals surface area (Å²) in [6, 6.07) is 20.1. The number of aromatic hydroxyl groups is 1. The number of amides is 1. The lowest BCUT2D eigenvalue weighted by molar-refractivity contribution is -0.132. The number of aryl methyl sites for hydroxylation is 1. The maximum Gasteiger partial charge on any atom is 0.222 e. The second kappa shape index (κ2) is 13.7. The van der Waals surface area contributed by atoms with Crippen molar-refractivity contribution in [3.05, 3.63) is 119 Å². The van der Waals surface area contributed by atoms with Crippen LogP contribution in [0, 0.1) is 17.6 Å². The van der Waals surface area contributed by atoms with Gasteiger partial charge in [-0.3, -0.25) is 9.79 Å². The number of carbonyl (C=O) groups is 1. The van der Waals surface area contributed by atoms with Gasteiger partial charge in [0.2, 0.25) is 5.91 Å². The number of rotatable bonds is 9. The van der Waals surface area contributed by atoms with Gasteiger partial charge in [0.1, 0.15) is 17.4 Å². The highest BCUT2D eigenvalue weighted by atomic mass is 19.1. The molecular formula is C36H38F2N2O2. The van der Waals surface area contributed by atoms with Crippen LogP contribution in [-0.4, -0.2) is 40.8 Å². The molecule has 0 aromatic heterocycles. The molecule has 1 atom stereocenters. The molecule has 0 saturated carbocycles. The summed E-state index contributed by atoms with van der Waals surface area (Å²) < 4.78 is 27.3. The molecule has 5 rings (SSSR count). The van der Waals surface area contributed by atoms with Gasteiger partial charge in [0.15, 0.2) is 0 Å². The summed E-state index contributed by atoms with van der Waals surface area (Å²) >= 11 is 0. The van der Waals surface area contributed by atoms with E-state index >= 15 is 0 Å². The topological polar surface area (TPSA) is 52.9 Å². The lowest BCUT2D eigenvalue weighted by Gasteiger charge is -2.32. The Hall–Kier alpha value is -4.06. The highest BCUT2D eigenvalue weighted by Crippen LogP contribution is 2.33. The first-order valence-corrected chi connectivity index (χ1v) is 14.9. The zero-order valence-electron chi connectivity index (χ0n) is 24.1. The Bertz CT molecular complexity index is 1470. The molecule has 1 fully saturated rings.